The molecule has 0 radical (unpaired) electrons. The first-order chi connectivity index (χ1) is 12.7. The van der Waals surface area contributed by atoms with E-state index in [2.05, 4.69) is 22.4 Å². The lowest BCUT2D eigenvalue weighted by molar-refractivity contribution is -0.139. The van der Waals surface area contributed by atoms with Crippen molar-refractivity contribution in [1.82, 2.24) is 10.3 Å². The molecule has 1 atom stereocenters. The van der Waals surface area contributed by atoms with Gasteiger partial charge in [-0.3, -0.25) is 4.79 Å². The zero-order valence-corrected chi connectivity index (χ0v) is 15.6. The molecule has 2 saturated heterocycles. The van der Waals surface area contributed by atoms with Crippen LogP contribution < -0.4 is 5.32 Å². The third-order valence-electron chi connectivity index (χ3n) is 5.21. The van der Waals surface area contributed by atoms with E-state index in [9.17, 15) is 4.79 Å². The van der Waals surface area contributed by atoms with Gasteiger partial charge in [0.15, 0.2) is 0 Å². The summed E-state index contributed by atoms with van der Waals surface area (Å²) in [7, 11) is 0. The van der Waals surface area contributed by atoms with E-state index in [-0.39, 0.29) is 17.6 Å². The highest BCUT2D eigenvalue weighted by atomic mass is 32.1. The number of amides is 1. The molecule has 0 aliphatic carbocycles. The van der Waals surface area contributed by atoms with Gasteiger partial charge >= 0.3 is 0 Å². The van der Waals surface area contributed by atoms with Crippen molar-refractivity contribution in [2.75, 3.05) is 19.8 Å². The quantitative estimate of drug-likeness (QED) is 0.895. The van der Waals surface area contributed by atoms with E-state index in [0.717, 1.165) is 50.3 Å². The summed E-state index contributed by atoms with van der Waals surface area (Å²) in [6.45, 7) is 2.19. The highest BCUT2D eigenvalue weighted by molar-refractivity contribution is 7.09. The molecular formula is C20H24N2O3S. The molecule has 2 aliphatic heterocycles. The number of aromatic nitrogens is 1. The zero-order valence-electron chi connectivity index (χ0n) is 14.8. The summed E-state index contributed by atoms with van der Waals surface area (Å²) in [5.41, 5.74) is 1.61. The van der Waals surface area contributed by atoms with Crippen LogP contribution in [0.5, 0.6) is 0 Å². The van der Waals surface area contributed by atoms with Crippen LogP contribution in [-0.2, 0) is 15.9 Å². The molecule has 1 N–H and O–H groups in total. The van der Waals surface area contributed by atoms with Crippen LogP contribution in [-0.4, -0.2) is 42.4 Å². The molecule has 0 saturated carbocycles. The maximum atomic E-state index is 12.6. The minimum atomic E-state index is -0.116. The number of carbonyl (C=O) groups excluding carboxylic acids is 1. The second-order valence-corrected chi connectivity index (χ2v) is 8.04. The molecule has 2 fully saturated rings. The highest BCUT2D eigenvalue weighted by Crippen LogP contribution is 2.34. The van der Waals surface area contributed by atoms with E-state index < -0.39 is 0 Å². The van der Waals surface area contributed by atoms with Crippen LogP contribution in [0, 0.1) is 0 Å². The number of nitrogens with one attached hydrogen (secondary N) is 1. The predicted molar refractivity (Wildman–Crippen MR) is 101 cm³/mol. The molecule has 1 spiro atoms. The zero-order chi connectivity index (χ0) is 17.8. The number of ether oxygens (including phenoxy) is 2. The monoisotopic (exact) mass is 372 g/mol. The summed E-state index contributed by atoms with van der Waals surface area (Å²) in [5.74, 6) is -0.0744. The first-order valence-corrected chi connectivity index (χ1v) is 10.1. The van der Waals surface area contributed by atoms with E-state index in [1.165, 1.54) is 5.56 Å². The third-order valence-corrected chi connectivity index (χ3v) is 6.06. The maximum Gasteiger partial charge on any atom is 0.270 e. The van der Waals surface area contributed by atoms with Gasteiger partial charge in [0.1, 0.15) is 5.69 Å². The van der Waals surface area contributed by atoms with Crippen molar-refractivity contribution in [2.45, 2.75) is 43.7 Å². The summed E-state index contributed by atoms with van der Waals surface area (Å²) in [5, 5.41) is 5.99. The van der Waals surface area contributed by atoms with Crippen LogP contribution in [0.2, 0.25) is 0 Å². The van der Waals surface area contributed by atoms with Crippen LogP contribution in [0.15, 0.2) is 35.7 Å². The Labute approximate surface area is 157 Å². The lowest BCUT2D eigenvalue weighted by atomic mass is 9.84. The van der Waals surface area contributed by atoms with Gasteiger partial charge in [0, 0.05) is 37.7 Å². The number of hydrogen-bond acceptors (Lipinski definition) is 5. The van der Waals surface area contributed by atoms with E-state index in [1.54, 1.807) is 11.3 Å². The third kappa shape index (κ3) is 4.14. The molecule has 1 amide bonds. The van der Waals surface area contributed by atoms with Gasteiger partial charge in [0.05, 0.1) is 10.6 Å². The molecular weight excluding hydrogens is 348 g/mol. The Kier molecular flexibility index (Phi) is 5.33. The van der Waals surface area contributed by atoms with Gasteiger partial charge < -0.3 is 14.8 Å². The molecule has 0 bridgehead atoms. The van der Waals surface area contributed by atoms with E-state index in [0.29, 0.717) is 12.3 Å². The van der Waals surface area contributed by atoms with Crippen molar-refractivity contribution in [3.8, 4) is 0 Å². The average molecular weight is 372 g/mol. The second-order valence-electron chi connectivity index (χ2n) is 7.10. The fourth-order valence-electron chi connectivity index (χ4n) is 3.77. The Bertz CT molecular complexity index is 735. The second kappa shape index (κ2) is 7.86. The molecule has 6 heteroatoms. The van der Waals surface area contributed by atoms with E-state index in [4.69, 9.17) is 9.47 Å². The maximum absolute atomic E-state index is 12.6. The summed E-state index contributed by atoms with van der Waals surface area (Å²) in [4.78, 5) is 17.1. The summed E-state index contributed by atoms with van der Waals surface area (Å²) in [6.07, 6.45) is 4.31. The van der Waals surface area contributed by atoms with Crippen molar-refractivity contribution in [1.29, 1.82) is 0 Å². The smallest absolute Gasteiger partial charge is 0.270 e. The summed E-state index contributed by atoms with van der Waals surface area (Å²) in [6, 6.07) is 10.4. The van der Waals surface area contributed by atoms with Gasteiger partial charge in [-0.25, -0.2) is 4.98 Å². The summed E-state index contributed by atoms with van der Waals surface area (Å²) >= 11 is 1.54. The number of thiazole rings is 1. The highest BCUT2D eigenvalue weighted by Gasteiger charge is 2.39. The van der Waals surface area contributed by atoms with Crippen molar-refractivity contribution in [3.63, 3.8) is 0 Å². The molecule has 3 heterocycles. The normalized spacial score (nSPS) is 22.2. The Balaban J connectivity index is 1.36. The van der Waals surface area contributed by atoms with Crippen LogP contribution in [0.25, 0.3) is 0 Å². The van der Waals surface area contributed by atoms with E-state index >= 15 is 0 Å². The molecule has 5 nitrogen and oxygen atoms in total. The van der Waals surface area contributed by atoms with Gasteiger partial charge in [-0.1, -0.05) is 30.3 Å². The fourth-order valence-corrected chi connectivity index (χ4v) is 4.58. The van der Waals surface area contributed by atoms with Crippen LogP contribution in [0.1, 0.15) is 46.7 Å². The SMILES string of the molecule is O=C(NC1CCOC2(CCOCC2)C1)c1csc(Cc2ccccc2)n1. The van der Waals surface area contributed by atoms with Crippen molar-refractivity contribution in [3.05, 3.63) is 52.0 Å². The van der Waals surface area contributed by atoms with Gasteiger partial charge in [0.25, 0.3) is 5.91 Å². The minimum Gasteiger partial charge on any atom is -0.381 e. The van der Waals surface area contributed by atoms with Gasteiger partial charge in [0.2, 0.25) is 0 Å². The van der Waals surface area contributed by atoms with Gasteiger partial charge in [-0.15, -0.1) is 11.3 Å². The molecule has 4 rings (SSSR count). The molecule has 138 valence electrons. The number of hydrogen-bond donors (Lipinski definition) is 1. The van der Waals surface area contributed by atoms with E-state index in [1.807, 2.05) is 23.6 Å². The first-order valence-electron chi connectivity index (χ1n) is 9.23. The molecule has 1 aromatic heterocycles. The van der Waals surface area contributed by atoms with Gasteiger partial charge in [-0.05, 0) is 31.2 Å². The molecule has 1 unspecified atom stereocenters. The first kappa shape index (κ1) is 17.6. The topological polar surface area (TPSA) is 60.5 Å². The number of nitrogens with zero attached hydrogens (tertiary/aromatic N) is 1. The number of carbonyl (C=O) groups is 1. The Hall–Kier alpha value is -1.76. The standard InChI is InChI=1S/C20H24N2O3S/c23-19(17-14-26-18(22-17)12-15-4-2-1-3-5-15)21-16-6-9-25-20(13-16)7-10-24-11-8-20/h1-5,14,16H,6-13H2,(H,21,23). The fraction of sp³-hybridized carbons (Fsp3) is 0.500. The Morgan fingerprint density at radius 2 is 2.04 bits per heavy atom. The van der Waals surface area contributed by atoms with Crippen molar-refractivity contribution >= 4 is 17.2 Å². The number of benzene rings is 1. The van der Waals surface area contributed by atoms with Gasteiger partial charge in [-0.2, -0.15) is 0 Å². The molecule has 2 aromatic rings. The van der Waals surface area contributed by atoms with Crippen LogP contribution in [0.4, 0.5) is 0 Å². The average Bonchev–Trinajstić information content (AvgIpc) is 3.12. The van der Waals surface area contributed by atoms with Crippen LogP contribution >= 0.6 is 11.3 Å². The number of rotatable bonds is 4. The Morgan fingerprint density at radius 1 is 1.23 bits per heavy atom. The largest absolute Gasteiger partial charge is 0.381 e. The van der Waals surface area contributed by atoms with Crippen molar-refractivity contribution in [2.24, 2.45) is 0 Å². The molecule has 1 aromatic carbocycles. The van der Waals surface area contributed by atoms with Crippen molar-refractivity contribution < 1.29 is 14.3 Å². The Morgan fingerprint density at radius 3 is 2.85 bits per heavy atom. The predicted octanol–water partition coefficient (Wildman–Crippen LogP) is 3.19. The lowest BCUT2D eigenvalue weighted by Crippen LogP contribution is -2.51. The van der Waals surface area contributed by atoms with Crippen LogP contribution in [0.3, 0.4) is 0 Å². The summed E-state index contributed by atoms with van der Waals surface area (Å²) < 4.78 is 11.5. The molecule has 26 heavy (non-hydrogen) atoms. The molecule has 2 aliphatic rings. The minimum absolute atomic E-state index is 0.0744. The lowest BCUT2D eigenvalue weighted by Gasteiger charge is -2.43.